The first-order valence-electron chi connectivity index (χ1n) is 14.7. The topological polar surface area (TPSA) is 109 Å². The van der Waals surface area contributed by atoms with Gasteiger partial charge in [-0.25, -0.2) is 13.2 Å². The first kappa shape index (κ1) is 26.6. The Balaban J connectivity index is 1.27. The number of nitrogens with one attached hydrogen (secondary N) is 1. The maximum atomic E-state index is 15.1. The quantitative estimate of drug-likeness (QED) is 0.361. The van der Waals surface area contributed by atoms with Crippen molar-refractivity contribution in [2.75, 3.05) is 37.7 Å². The molecule has 4 atom stereocenters. The normalized spacial score (nSPS) is 27.0. The Hall–Kier alpha value is -3.97. The monoisotopic (exact) mass is 593 g/mol. The van der Waals surface area contributed by atoms with E-state index < -0.39 is 28.9 Å². The molecule has 224 valence electrons. The van der Waals surface area contributed by atoms with Gasteiger partial charge < -0.3 is 20.1 Å². The van der Waals surface area contributed by atoms with Crippen LogP contribution in [0, 0.1) is 11.6 Å². The highest BCUT2D eigenvalue weighted by atomic mass is 19.2. The van der Waals surface area contributed by atoms with Crippen molar-refractivity contribution in [3.05, 3.63) is 52.5 Å². The van der Waals surface area contributed by atoms with Crippen LogP contribution in [-0.4, -0.2) is 86.3 Å². The highest BCUT2D eigenvalue weighted by Gasteiger charge is 2.49. The van der Waals surface area contributed by atoms with Crippen molar-refractivity contribution < 1.29 is 23.0 Å². The zero-order valence-electron chi connectivity index (χ0n) is 23.3. The minimum Gasteiger partial charge on any atom is -0.508 e. The van der Waals surface area contributed by atoms with Crippen LogP contribution < -0.4 is 20.5 Å². The first-order valence-corrected chi connectivity index (χ1v) is 14.7. The number of nitrogens with zero attached hydrogens (tertiary/aromatic N) is 6. The van der Waals surface area contributed by atoms with Gasteiger partial charge in [-0.2, -0.15) is 19.7 Å². The van der Waals surface area contributed by atoms with Gasteiger partial charge in [0.2, 0.25) is 0 Å². The second-order valence-corrected chi connectivity index (χ2v) is 12.3. The Labute approximate surface area is 244 Å². The fraction of sp³-hybridized carbons (Fsp3) is 0.467. The van der Waals surface area contributed by atoms with Crippen molar-refractivity contribution in [2.45, 2.75) is 55.9 Å². The van der Waals surface area contributed by atoms with Crippen LogP contribution in [0.4, 0.5) is 19.0 Å². The number of hydrogen-bond acceptors (Lipinski definition) is 9. The summed E-state index contributed by atoms with van der Waals surface area (Å²) in [5, 5.41) is 18.7. The molecular formula is C30H30F3N7O3. The average Bonchev–Trinajstić information content (AvgIpc) is 3.63. The Morgan fingerprint density at radius 1 is 1.12 bits per heavy atom. The lowest BCUT2D eigenvalue weighted by Crippen LogP contribution is -2.51. The molecule has 0 unspecified atom stereocenters. The van der Waals surface area contributed by atoms with Gasteiger partial charge in [0.05, 0.1) is 22.8 Å². The summed E-state index contributed by atoms with van der Waals surface area (Å²) < 4.78 is 50.9. The lowest BCUT2D eigenvalue weighted by atomic mass is 9.95. The summed E-state index contributed by atoms with van der Waals surface area (Å²) >= 11 is 0. The van der Waals surface area contributed by atoms with Gasteiger partial charge in [0.15, 0.2) is 11.6 Å². The van der Waals surface area contributed by atoms with Crippen molar-refractivity contribution in [1.29, 1.82) is 0 Å². The van der Waals surface area contributed by atoms with E-state index in [-0.39, 0.29) is 52.4 Å². The van der Waals surface area contributed by atoms with E-state index in [1.165, 1.54) is 24.4 Å². The number of rotatable bonds is 5. The van der Waals surface area contributed by atoms with Crippen LogP contribution in [0.3, 0.4) is 0 Å². The summed E-state index contributed by atoms with van der Waals surface area (Å²) in [7, 11) is 0. The second kappa shape index (κ2) is 9.78. The van der Waals surface area contributed by atoms with Gasteiger partial charge in [0.1, 0.15) is 29.9 Å². The molecule has 4 aromatic rings. The van der Waals surface area contributed by atoms with E-state index >= 15 is 4.39 Å². The molecule has 0 saturated carbocycles. The molecule has 0 aliphatic carbocycles. The number of phenolic OH excluding ortho intramolecular Hbond substituents is 1. The molecular weight excluding hydrogens is 563 g/mol. The Morgan fingerprint density at radius 2 is 1.93 bits per heavy atom. The zero-order chi connectivity index (χ0) is 29.5. The van der Waals surface area contributed by atoms with Crippen LogP contribution in [0.5, 0.6) is 11.8 Å². The van der Waals surface area contributed by atoms with Gasteiger partial charge in [-0.15, -0.1) is 0 Å². The Morgan fingerprint density at radius 3 is 2.74 bits per heavy atom. The summed E-state index contributed by atoms with van der Waals surface area (Å²) in [5.74, 6) is -1.99. The molecule has 10 nitrogen and oxygen atoms in total. The number of fused-ring (bicyclic) bond motifs is 5. The Bertz CT molecular complexity index is 1830. The highest BCUT2D eigenvalue weighted by Crippen LogP contribution is 2.40. The van der Waals surface area contributed by atoms with Crippen LogP contribution in [0.1, 0.15) is 32.1 Å². The molecule has 8 rings (SSSR count). The van der Waals surface area contributed by atoms with E-state index in [0.717, 1.165) is 43.0 Å². The highest BCUT2D eigenvalue weighted by molar-refractivity contribution is 5.93. The summed E-state index contributed by atoms with van der Waals surface area (Å²) in [5.41, 5.74) is -1.27. The third-order valence-electron chi connectivity index (χ3n) is 9.55. The molecule has 2 aromatic carbocycles. The molecule has 13 heteroatoms. The third-order valence-corrected chi connectivity index (χ3v) is 9.55. The molecule has 43 heavy (non-hydrogen) atoms. The van der Waals surface area contributed by atoms with Crippen molar-refractivity contribution in [3.8, 4) is 17.4 Å². The summed E-state index contributed by atoms with van der Waals surface area (Å²) in [6, 6.07) is 5.29. The predicted octanol–water partition coefficient (Wildman–Crippen LogP) is 3.21. The molecule has 0 amide bonds. The number of piperazine rings is 1. The maximum absolute atomic E-state index is 15.1. The number of aromatic hydroxyl groups is 1. The minimum atomic E-state index is -1.16. The van der Waals surface area contributed by atoms with Crippen molar-refractivity contribution in [3.63, 3.8) is 0 Å². The van der Waals surface area contributed by atoms with Gasteiger partial charge in [0.25, 0.3) is 5.56 Å². The molecule has 2 aromatic heterocycles. The molecule has 0 spiro atoms. The largest absolute Gasteiger partial charge is 0.508 e. The number of phenols is 1. The maximum Gasteiger partial charge on any atom is 0.319 e. The fourth-order valence-electron chi connectivity index (χ4n) is 7.61. The number of alkyl halides is 1. The zero-order valence-corrected chi connectivity index (χ0v) is 23.3. The van der Waals surface area contributed by atoms with E-state index in [1.54, 1.807) is 0 Å². The summed E-state index contributed by atoms with van der Waals surface area (Å²) in [6.45, 7) is 2.72. The lowest BCUT2D eigenvalue weighted by Gasteiger charge is -2.34. The van der Waals surface area contributed by atoms with E-state index in [2.05, 4.69) is 25.2 Å². The summed E-state index contributed by atoms with van der Waals surface area (Å²) in [4.78, 5) is 27.6. The molecule has 4 fully saturated rings. The molecule has 0 radical (unpaired) electrons. The predicted molar refractivity (Wildman–Crippen MR) is 153 cm³/mol. The number of halogens is 3. The van der Waals surface area contributed by atoms with Gasteiger partial charge in [-0.1, -0.05) is 6.07 Å². The van der Waals surface area contributed by atoms with E-state index in [1.807, 2.05) is 0 Å². The van der Waals surface area contributed by atoms with Gasteiger partial charge in [-0.05, 0) is 49.7 Å². The van der Waals surface area contributed by atoms with E-state index in [4.69, 9.17) is 9.72 Å². The van der Waals surface area contributed by atoms with E-state index in [9.17, 15) is 18.7 Å². The van der Waals surface area contributed by atoms with Crippen molar-refractivity contribution in [2.24, 2.45) is 0 Å². The molecule has 4 saturated heterocycles. The first-order chi connectivity index (χ1) is 20.8. The number of anilines is 1. The molecule has 6 heterocycles. The van der Waals surface area contributed by atoms with Gasteiger partial charge >= 0.3 is 6.01 Å². The van der Waals surface area contributed by atoms with Crippen LogP contribution in [0.2, 0.25) is 0 Å². The van der Waals surface area contributed by atoms with Crippen molar-refractivity contribution >= 4 is 27.5 Å². The minimum absolute atomic E-state index is 0.00949. The SMILES string of the molecule is O=c1c2nc(OC[C@@]34CCCN3C[C@H](F)C4)nc(N3C[C@H]4CC[C@@H](C3)N4)c2cnn1-c1cc(O)cc2ccc(F)c(F)c12. The van der Waals surface area contributed by atoms with Gasteiger partial charge in [0, 0.05) is 49.6 Å². The number of aromatic nitrogens is 4. The van der Waals surface area contributed by atoms with Crippen LogP contribution in [0.15, 0.2) is 35.3 Å². The van der Waals surface area contributed by atoms with Gasteiger partial charge in [-0.3, -0.25) is 9.69 Å². The lowest BCUT2D eigenvalue weighted by molar-refractivity contribution is 0.107. The van der Waals surface area contributed by atoms with Crippen LogP contribution >= 0.6 is 0 Å². The van der Waals surface area contributed by atoms with Crippen molar-refractivity contribution in [1.82, 2.24) is 30.0 Å². The third kappa shape index (κ3) is 4.31. The van der Waals surface area contributed by atoms with Crippen LogP contribution in [-0.2, 0) is 0 Å². The van der Waals surface area contributed by atoms with Crippen LogP contribution in [0.25, 0.3) is 27.4 Å². The van der Waals surface area contributed by atoms with E-state index in [0.29, 0.717) is 37.3 Å². The molecule has 2 N–H and O–H groups in total. The smallest absolute Gasteiger partial charge is 0.319 e. The summed E-state index contributed by atoms with van der Waals surface area (Å²) in [6.07, 6.45) is 4.72. The standard InChI is InChI=1S/C30H30F3N7O3/c31-17-10-30(6-1-7-39(30)12-17)15-43-29-36-26-21(27(37-29)38-13-18-3-4-19(14-38)35-18)11-34-40(28(26)42)23-9-20(41)8-16-2-5-22(32)25(33)24(16)23/h2,5,8-9,11,17-19,35,41H,1,3-4,6-7,10,12-15H2/t17-,18-,19+,30+/m1/s1. The molecule has 2 bridgehead atoms. The number of benzene rings is 2. The fourth-order valence-corrected chi connectivity index (χ4v) is 7.61. The number of hydrogen-bond donors (Lipinski definition) is 2. The number of ether oxygens (including phenoxy) is 1. The molecule has 4 aliphatic rings. The average molecular weight is 594 g/mol. The molecule has 4 aliphatic heterocycles. The Kier molecular flexibility index (Phi) is 6.06. The second-order valence-electron chi connectivity index (χ2n) is 12.3.